The van der Waals surface area contributed by atoms with E-state index in [4.69, 9.17) is 4.74 Å². The average Bonchev–Trinajstić information content (AvgIpc) is 2.57. The van der Waals surface area contributed by atoms with Gasteiger partial charge < -0.3 is 15.4 Å². The van der Waals surface area contributed by atoms with Gasteiger partial charge in [0.05, 0.1) is 11.9 Å². The summed E-state index contributed by atoms with van der Waals surface area (Å²) in [6.07, 6.45) is 3.08. The first-order chi connectivity index (χ1) is 11.2. The summed E-state index contributed by atoms with van der Waals surface area (Å²) in [6, 6.07) is 9.66. The number of amides is 1. The van der Waals surface area contributed by atoms with Gasteiger partial charge in [-0.3, -0.25) is 4.79 Å². The van der Waals surface area contributed by atoms with Crippen LogP contribution in [-0.2, 0) is 9.53 Å². The third-order valence-electron chi connectivity index (χ3n) is 3.72. The van der Waals surface area contributed by atoms with Gasteiger partial charge in [-0.15, -0.1) is 0 Å². The standard InChI is InChI=1S/C17H18FN3O2/c18-13-2-1-3-14(10-13)20-16-5-4-15(11-19-16)21-17(22)12-6-8-23-9-7-12/h1-5,10-12H,6-9H2,(H,19,20)(H,21,22). The van der Waals surface area contributed by atoms with Crippen molar-refractivity contribution in [1.29, 1.82) is 0 Å². The molecule has 1 saturated heterocycles. The second-order valence-corrected chi connectivity index (χ2v) is 5.44. The molecule has 1 aliphatic rings. The van der Waals surface area contributed by atoms with Gasteiger partial charge in [0, 0.05) is 24.8 Å². The molecule has 1 aromatic carbocycles. The van der Waals surface area contributed by atoms with Crippen molar-refractivity contribution in [3.8, 4) is 0 Å². The van der Waals surface area contributed by atoms with Crippen LogP contribution in [-0.4, -0.2) is 24.1 Å². The molecule has 2 aromatic rings. The van der Waals surface area contributed by atoms with Crippen LogP contribution in [0.25, 0.3) is 0 Å². The number of hydrogen-bond donors (Lipinski definition) is 2. The number of pyridine rings is 1. The normalized spacial score (nSPS) is 15.2. The minimum atomic E-state index is -0.310. The van der Waals surface area contributed by atoms with Gasteiger partial charge in [0.1, 0.15) is 11.6 Å². The molecule has 2 N–H and O–H groups in total. The van der Waals surface area contributed by atoms with Gasteiger partial charge in [-0.25, -0.2) is 9.37 Å². The molecule has 0 atom stereocenters. The lowest BCUT2D eigenvalue weighted by molar-refractivity contribution is -0.122. The molecule has 1 fully saturated rings. The summed E-state index contributed by atoms with van der Waals surface area (Å²) < 4.78 is 18.4. The summed E-state index contributed by atoms with van der Waals surface area (Å²) in [5.74, 6) is 0.268. The zero-order chi connectivity index (χ0) is 16.1. The molecule has 2 heterocycles. The van der Waals surface area contributed by atoms with Crippen molar-refractivity contribution >= 4 is 23.1 Å². The van der Waals surface area contributed by atoms with Crippen LogP contribution in [0.2, 0.25) is 0 Å². The maximum absolute atomic E-state index is 13.1. The van der Waals surface area contributed by atoms with Gasteiger partial charge in [-0.05, 0) is 43.2 Å². The highest BCUT2D eigenvalue weighted by molar-refractivity contribution is 5.92. The number of anilines is 3. The Morgan fingerprint density at radius 1 is 1.17 bits per heavy atom. The summed E-state index contributed by atoms with van der Waals surface area (Å²) in [7, 11) is 0. The van der Waals surface area contributed by atoms with Crippen molar-refractivity contribution < 1.29 is 13.9 Å². The SMILES string of the molecule is O=C(Nc1ccc(Nc2cccc(F)c2)nc1)C1CCOCC1. The Morgan fingerprint density at radius 3 is 2.70 bits per heavy atom. The lowest BCUT2D eigenvalue weighted by Crippen LogP contribution is -2.28. The van der Waals surface area contributed by atoms with Gasteiger partial charge in [0.2, 0.25) is 5.91 Å². The molecule has 0 saturated carbocycles. The monoisotopic (exact) mass is 315 g/mol. The summed E-state index contributed by atoms with van der Waals surface area (Å²) in [4.78, 5) is 16.4. The van der Waals surface area contributed by atoms with Crippen molar-refractivity contribution in [3.63, 3.8) is 0 Å². The van der Waals surface area contributed by atoms with Crippen molar-refractivity contribution in [2.45, 2.75) is 12.8 Å². The smallest absolute Gasteiger partial charge is 0.227 e. The number of halogens is 1. The first kappa shape index (κ1) is 15.4. The van der Waals surface area contributed by atoms with Gasteiger partial charge in [-0.1, -0.05) is 6.07 Å². The Bertz CT molecular complexity index is 670. The average molecular weight is 315 g/mol. The Kier molecular flexibility index (Phi) is 4.83. The van der Waals surface area contributed by atoms with Gasteiger partial charge in [-0.2, -0.15) is 0 Å². The zero-order valence-corrected chi connectivity index (χ0v) is 12.6. The molecule has 1 aromatic heterocycles. The number of nitrogens with zero attached hydrogens (tertiary/aromatic N) is 1. The van der Waals surface area contributed by atoms with E-state index < -0.39 is 0 Å². The van der Waals surface area contributed by atoms with Gasteiger partial charge >= 0.3 is 0 Å². The van der Waals surface area contributed by atoms with Crippen LogP contribution in [0.5, 0.6) is 0 Å². The molecule has 23 heavy (non-hydrogen) atoms. The Balaban J connectivity index is 1.59. The minimum absolute atomic E-state index is 0.000870. The van der Waals surface area contributed by atoms with E-state index in [2.05, 4.69) is 15.6 Å². The lowest BCUT2D eigenvalue weighted by Gasteiger charge is -2.21. The topological polar surface area (TPSA) is 63.2 Å². The van der Waals surface area contributed by atoms with Crippen LogP contribution >= 0.6 is 0 Å². The van der Waals surface area contributed by atoms with Crippen LogP contribution in [0, 0.1) is 11.7 Å². The number of aromatic nitrogens is 1. The molecular formula is C17H18FN3O2. The largest absolute Gasteiger partial charge is 0.381 e. The first-order valence-electron chi connectivity index (χ1n) is 7.58. The third-order valence-corrected chi connectivity index (χ3v) is 3.72. The quantitative estimate of drug-likeness (QED) is 0.908. The molecule has 0 spiro atoms. The first-order valence-corrected chi connectivity index (χ1v) is 7.58. The van der Waals surface area contributed by atoms with E-state index in [1.165, 1.54) is 12.1 Å². The highest BCUT2D eigenvalue weighted by atomic mass is 19.1. The summed E-state index contributed by atoms with van der Waals surface area (Å²) in [5, 5.41) is 5.88. The molecule has 1 aliphatic heterocycles. The Hall–Kier alpha value is -2.47. The second kappa shape index (κ2) is 7.19. The van der Waals surface area contributed by atoms with E-state index >= 15 is 0 Å². The van der Waals surface area contributed by atoms with Crippen LogP contribution in [0.3, 0.4) is 0 Å². The van der Waals surface area contributed by atoms with E-state index in [0.717, 1.165) is 12.8 Å². The number of carbonyl (C=O) groups is 1. The fourth-order valence-corrected chi connectivity index (χ4v) is 2.46. The van der Waals surface area contributed by atoms with E-state index in [9.17, 15) is 9.18 Å². The number of ether oxygens (including phenoxy) is 1. The number of benzene rings is 1. The lowest BCUT2D eigenvalue weighted by atomic mass is 9.99. The van der Waals surface area contributed by atoms with Crippen molar-refractivity contribution in [1.82, 2.24) is 4.98 Å². The predicted molar refractivity (Wildman–Crippen MR) is 86.1 cm³/mol. The molecular weight excluding hydrogens is 297 g/mol. The fraction of sp³-hybridized carbons (Fsp3) is 0.294. The van der Waals surface area contributed by atoms with E-state index in [-0.39, 0.29) is 17.6 Å². The van der Waals surface area contributed by atoms with E-state index in [0.29, 0.717) is 30.4 Å². The number of hydrogen-bond acceptors (Lipinski definition) is 4. The van der Waals surface area contributed by atoms with Gasteiger partial charge in [0.15, 0.2) is 0 Å². The summed E-state index contributed by atoms with van der Waals surface area (Å²) in [6.45, 7) is 1.26. The Morgan fingerprint density at radius 2 is 2.00 bits per heavy atom. The molecule has 0 aliphatic carbocycles. The van der Waals surface area contributed by atoms with E-state index in [1.54, 1.807) is 30.5 Å². The number of nitrogens with one attached hydrogen (secondary N) is 2. The summed E-state index contributed by atoms with van der Waals surface area (Å²) >= 11 is 0. The molecule has 0 bridgehead atoms. The predicted octanol–water partition coefficient (Wildman–Crippen LogP) is 3.33. The fourth-order valence-electron chi connectivity index (χ4n) is 2.46. The van der Waals surface area contributed by atoms with Crippen LogP contribution < -0.4 is 10.6 Å². The Labute approximate surface area is 133 Å². The molecule has 5 nitrogen and oxygen atoms in total. The van der Waals surface area contributed by atoms with E-state index in [1.807, 2.05) is 0 Å². The van der Waals surface area contributed by atoms with Crippen molar-refractivity contribution in [2.75, 3.05) is 23.8 Å². The zero-order valence-electron chi connectivity index (χ0n) is 12.6. The van der Waals surface area contributed by atoms with Crippen LogP contribution in [0.15, 0.2) is 42.6 Å². The third kappa shape index (κ3) is 4.26. The highest BCUT2D eigenvalue weighted by Crippen LogP contribution is 2.19. The number of rotatable bonds is 4. The van der Waals surface area contributed by atoms with Crippen molar-refractivity contribution in [3.05, 3.63) is 48.4 Å². The second-order valence-electron chi connectivity index (χ2n) is 5.44. The highest BCUT2D eigenvalue weighted by Gasteiger charge is 2.21. The van der Waals surface area contributed by atoms with Crippen molar-refractivity contribution in [2.24, 2.45) is 5.92 Å². The molecule has 0 radical (unpaired) electrons. The minimum Gasteiger partial charge on any atom is -0.381 e. The molecule has 1 amide bonds. The summed E-state index contributed by atoms with van der Waals surface area (Å²) in [5.41, 5.74) is 1.27. The maximum atomic E-state index is 13.1. The van der Waals surface area contributed by atoms with Gasteiger partial charge in [0.25, 0.3) is 0 Å². The van der Waals surface area contributed by atoms with Crippen LogP contribution in [0.1, 0.15) is 12.8 Å². The molecule has 3 rings (SSSR count). The van der Waals surface area contributed by atoms with Crippen LogP contribution in [0.4, 0.5) is 21.6 Å². The number of carbonyl (C=O) groups excluding carboxylic acids is 1. The molecule has 6 heteroatoms. The molecule has 120 valence electrons. The molecule has 0 unspecified atom stereocenters. The maximum Gasteiger partial charge on any atom is 0.227 e.